The van der Waals surface area contributed by atoms with Crippen molar-refractivity contribution in [2.75, 3.05) is 5.75 Å². The average Bonchev–Trinajstić information content (AvgIpc) is 2.38. The van der Waals surface area contributed by atoms with Crippen molar-refractivity contribution in [3.05, 3.63) is 64.1 Å². The van der Waals surface area contributed by atoms with Crippen molar-refractivity contribution in [3.63, 3.8) is 0 Å². The van der Waals surface area contributed by atoms with Gasteiger partial charge in [-0.1, -0.05) is 35.3 Å². The fraction of sp³-hybridized carbons (Fsp3) is 0.200. The van der Waals surface area contributed by atoms with E-state index in [9.17, 15) is 13.5 Å². The maximum Gasteiger partial charge on any atom is 0.181 e. The van der Waals surface area contributed by atoms with Gasteiger partial charge in [0, 0.05) is 10.0 Å². The number of hydrogen-bond acceptors (Lipinski definition) is 3. The molecule has 0 fully saturated rings. The molecule has 0 aromatic heterocycles. The summed E-state index contributed by atoms with van der Waals surface area (Å²) in [5.41, 5.74) is -1.02. The molecule has 2 aromatic rings. The molecule has 0 aliphatic rings. The molecule has 2 aromatic carbocycles. The van der Waals surface area contributed by atoms with Gasteiger partial charge in [0.2, 0.25) is 0 Å². The van der Waals surface area contributed by atoms with Crippen LogP contribution in [-0.2, 0) is 15.4 Å². The lowest BCUT2D eigenvalue weighted by Gasteiger charge is -2.23. The van der Waals surface area contributed by atoms with Crippen LogP contribution in [-0.4, -0.2) is 19.3 Å². The van der Waals surface area contributed by atoms with Gasteiger partial charge in [-0.15, -0.1) is 0 Å². The third-order valence-corrected chi connectivity index (χ3v) is 5.55. The first-order chi connectivity index (χ1) is 9.71. The Bertz CT molecular complexity index is 721. The van der Waals surface area contributed by atoms with Gasteiger partial charge >= 0.3 is 0 Å². The Kier molecular flexibility index (Phi) is 4.63. The lowest BCUT2D eigenvalue weighted by Crippen LogP contribution is -2.31. The minimum absolute atomic E-state index is 0.126. The smallest absolute Gasteiger partial charge is 0.181 e. The van der Waals surface area contributed by atoms with Gasteiger partial charge in [-0.2, -0.15) is 0 Å². The van der Waals surface area contributed by atoms with Crippen LogP contribution in [0.5, 0.6) is 0 Å². The highest BCUT2D eigenvalue weighted by Crippen LogP contribution is 2.27. The SMILES string of the molecule is C[C@](O)(CS(=O)(=O)c1ccc(Cl)cc1)c1ccc(Cl)cc1. The van der Waals surface area contributed by atoms with Gasteiger partial charge in [-0.3, -0.25) is 0 Å². The monoisotopic (exact) mass is 344 g/mol. The van der Waals surface area contributed by atoms with Crippen molar-refractivity contribution in [1.29, 1.82) is 0 Å². The summed E-state index contributed by atoms with van der Waals surface area (Å²) in [6.07, 6.45) is 0. The quantitative estimate of drug-likeness (QED) is 0.920. The van der Waals surface area contributed by atoms with Crippen molar-refractivity contribution in [3.8, 4) is 0 Å². The van der Waals surface area contributed by atoms with Crippen LogP contribution < -0.4 is 0 Å². The summed E-state index contributed by atoms with van der Waals surface area (Å²) in [5, 5.41) is 11.5. The topological polar surface area (TPSA) is 54.4 Å². The molecule has 0 aliphatic carbocycles. The molecule has 0 radical (unpaired) electrons. The van der Waals surface area contributed by atoms with Crippen molar-refractivity contribution in [2.24, 2.45) is 0 Å². The fourth-order valence-corrected chi connectivity index (χ4v) is 3.86. The summed E-state index contributed by atoms with van der Waals surface area (Å²) >= 11 is 11.5. The summed E-state index contributed by atoms with van der Waals surface area (Å²) in [4.78, 5) is 0.126. The van der Waals surface area contributed by atoms with E-state index in [2.05, 4.69) is 0 Å². The summed E-state index contributed by atoms with van der Waals surface area (Å²) in [6.45, 7) is 1.46. The van der Waals surface area contributed by atoms with E-state index in [4.69, 9.17) is 23.2 Å². The fourth-order valence-electron chi connectivity index (χ4n) is 1.99. The summed E-state index contributed by atoms with van der Waals surface area (Å²) in [6, 6.07) is 12.3. The molecule has 0 saturated carbocycles. The zero-order valence-electron chi connectivity index (χ0n) is 11.3. The van der Waals surface area contributed by atoms with Gasteiger partial charge in [-0.25, -0.2) is 8.42 Å². The van der Waals surface area contributed by atoms with Gasteiger partial charge in [0.25, 0.3) is 0 Å². The second-order valence-electron chi connectivity index (χ2n) is 4.99. The first-order valence-electron chi connectivity index (χ1n) is 6.17. The molecule has 0 amide bonds. The number of aliphatic hydroxyl groups is 1. The highest BCUT2D eigenvalue weighted by Gasteiger charge is 2.31. The van der Waals surface area contributed by atoms with Gasteiger partial charge in [0.15, 0.2) is 9.84 Å². The average molecular weight is 345 g/mol. The van der Waals surface area contributed by atoms with Crippen LogP contribution in [0, 0.1) is 0 Å². The van der Waals surface area contributed by atoms with Crippen LogP contribution in [0.2, 0.25) is 10.0 Å². The second-order valence-corrected chi connectivity index (χ2v) is 7.86. The van der Waals surface area contributed by atoms with E-state index < -0.39 is 21.2 Å². The standard InChI is InChI=1S/C15H14Cl2O3S/c1-15(18,11-2-4-12(16)5-3-11)10-21(19,20)14-8-6-13(17)7-9-14/h2-9,18H,10H2,1H3/t15-/m0/s1. The molecule has 0 saturated heterocycles. The van der Waals surface area contributed by atoms with Crippen LogP contribution in [0.4, 0.5) is 0 Å². The Morgan fingerprint density at radius 2 is 1.38 bits per heavy atom. The van der Waals surface area contributed by atoms with Crippen molar-refractivity contribution < 1.29 is 13.5 Å². The molecule has 0 heterocycles. The number of benzene rings is 2. The lowest BCUT2D eigenvalue weighted by molar-refractivity contribution is 0.0819. The van der Waals surface area contributed by atoms with Gasteiger partial charge in [0.1, 0.15) is 5.60 Å². The number of hydrogen-bond donors (Lipinski definition) is 1. The molecular formula is C15H14Cl2O3S. The van der Waals surface area contributed by atoms with Crippen LogP contribution in [0.25, 0.3) is 0 Å². The lowest BCUT2D eigenvalue weighted by atomic mass is 9.98. The minimum atomic E-state index is -3.63. The van der Waals surface area contributed by atoms with Crippen molar-refractivity contribution in [1.82, 2.24) is 0 Å². The maximum absolute atomic E-state index is 12.4. The predicted molar refractivity (Wildman–Crippen MR) is 84.5 cm³/mol. The van der Waals surface area contributed by atoms with Gasteiger partial charge in [-0.05, 0) is 48.9 Å². The third kappa shape index (κ3) is 3.98. The Labute approximate surface area is 134 Å². The summed E-state index contributed by atoms with van der Waals surface area (Å²) in [7, 11) is -3.63. The molecule has 0 unspecified atom stereocenters. The number of halogens is 2. The highest BCUT2D eigenvalue weighted by atomic mass is 35.5. The van der Waals surface area contributed by atoms with E-state index in [1.807, 2.05) is 0 Å². The molecule has 1 N–H and O–H groups in total. The Balaban J connectivity index is 2.30. The van der Waals surface area contributed by atoms with E-state index in [0.717, 1.165) is 0 Å². The van der Waals surface area contributed by atoms with E-state index in [1.165, 1.54) is 31.2 Å². The molecule has 6 heteroatoms. The molecule has 2 rings (SSSR count). The van der Waals surface area contributed by atoms with Crippen molar-refractivity contribution >= 4 is 33.0 Å². The minimum Gasteiger partial charge on any atom is -0.384 e. The molecule has 0 aliphatic heterocycles. The van der Waals surface area contributed by atoms with E-state index in [0.29, 0.717) is 15.6 Å². The van der Waals surface area contributed by atoms with Crippen LogP contribution >= 0.6 is 23.2 Å². The number of rotatable bonds is 4. The third-order valence-electron chi connectivity index (χ3n) is 3.11. The van der Waals surface area contributed by atoms with Crippen LogP contribution in [0.15, 0.2) is 53.4 Å². The van der Waals surface area contributed by atoms with Crippen LogP contribution in [0.3, 0.4) is 0 Å². The Morgan fingerprint density at radius 3 is 1.86 bits per heavy atom. The summed E-state index contributed by atoms with van der Waals surface area (Å²) in [5.74, 6) is -0.427. The van der Waals surface area contributed by atoms with Crippen LogP contribution in [0.1, 0.15) is 12.5 Å². The highest BCUT2D eigenvalue weighted by molar-refractivity contribution is 7.91. The Hall–Kier alpha value is -1.07. The first-order valence-corrected chi connectivity index (χ1v) is 8.58. The van der Waals surface area contributed by atoms with Crippen molar-refractivity contribution in [2.45, 2.75) is 17.4 Å². The zero-order chi connectivity index (χ0) is 15.7. The maximum atomic E-state index is 12.4. The first kappa shape index (κ1) is 16.3. The molecular weight excluding hydrogens is 331 g/mol. The molecule has 0 bridgehead atoms. The largest absolute Gasteiger partial charge is 0.384 e. The van der Waals surface area contributed by atoms with Gasteiger partial charge in [0.05, 0.1) is 10.6 Å². The van der Waals surface area contributed by atoms with E-state index in [1.54, 1.807) is 24.3 Å². The molecule has 0 spiro atoms. The van der Waals surface area contributed by atoms with E-state index >= 15 is 0 Å². The summed E-state index contributed by atoms with van der Waals surface area (Å²) < 4.78 is 24.7. The Morgan fingerprint density at radius 1 is 0.952 bits per heavy atom. The number of sulfone groups is 1. The van der Waals surface area contributed by atoms with Gasteiger partial charge < -0.3 is 5.11 Å². The predicted octanol–water partition coefficient (Wildman–Crippen LogP) is 3.67. The molecule has 112 valence electrons. The molecule has 21 heavy (non-hydrogen) atoms. The molecule has 1 atom stereocenters. The molecule has 3 nitrogen and oxygen atoms in total. The zero-order valence-corrected chi connectivity index (χ0v) is 13.6. The normalized spacial score (nSPS) is 14.7. The van der Waals surface area contributed by atoms with E-state index in [-0.39, 0.29) is 4.90 Å². The second kappa shape index (κ2) is 5.97.